The number of carbonyl (C=O) groups is 2. The number of hydrogen-bond acceptors (Lipinski definition) is 6. The molecule has 2 aromatic rings. The SMILES string of the molecule is COC(=O)[C@@H](C)CN(CC(=O)Nc1cc(C)no1)Cc1ccccc1. The highest BCUT2D eigenvalue weighted by atomic mass is 16.5. The summed E-state index contributed by atoms with van der Waals surface area (Å²) in [6, 6.07) is 11.4. The van der Waals surface area contributed by atoms with Crippen molar-refractivity contribution in [1.29, 1.82) is 0 Å². The van der Waals surface area contributed by atoms with Crippen LogP contribution in [0.15, 0.2) is 40.9 Å². The third-order valence-corrected chi connectivity index (χ3v) is 3.64. The molecule has 0 radical (unpaired) electrons. The summed E-state index contributed by atoms with van der Waals surface area (Å²) < 4.78 is 9.77. The molecule has 0 fully saturated rings. The number of carbonyl (C=O) groups excluding carboxylic acids is 2. The second-order valence-corrected chi connectivity index (χ2v) is 5.96. The van der Waals surface area contributed by atoms with Gasteiger partial charge in [-0.05, 0) is 12.5 Å². The molecule has 0 unspecified atom stereocenters. The fourth-order valence-electron chi connectivity index (χ4n) is 2.49. The Labute approximate surface area is 146 Å². The van der Waals surface area contributed by atoms with Gasteiger partial charge < -0.3 is 9.26 Å². The number of amides is 1. The molecule has 1 N–H and O–H groups in total. The van der Waals surface area contributed by atoms with Gasteiger partial charge in [-0.3, -0.25) is 19.8 Å². The molecule has 1 amide bonds. The Balaban J connectivity index is 2.01. The van der Waals surface area contributed by atoms with Crippen LogP contribution in [-0.2, 0) is 20.9 Å². The molecule has 1 aromatic carbocycles. The highest BCUT2D eigenvalue weighted by Gasteiger charge is 2.20. The molecule has 2 rings (SSSR count). The predicted octanol–water partition coefficient (Wildman–Crippen LogP) is 2.23. The lowest BCUT2D eigenvalue weighted by Crippen LogP contribution is -2.37. The van der Waals surface area contributed by atoms with Crippen molar-refractivity contribution in [2.75, 3.05) is 25.5 Å². The molecular weight excluding hydrogens is 322 g/mol. The number of hydrogen-bond donors (Lipinski definition) is 1. The molecule has 1 atom stereocenters. The van der Waals surface area contributed by atoms with Gasteiger partial charge in [-0.15, -0.1) is 0 Å². The molecule has 0 saturated carbocycles. The minimum atomic E-state index is -0.339. The molecule has 0 spiro atoms. The third kappa shape index (κ3) is 6.04. The van der Waals surface area contributed by atoms with Crippen LogP contribution in [0, 0.1) is 12.8 Å². The van der Waals surface area contributed by atoms with E-state index in [2.05, 4.69) is 10.5 Å². The highest BCUT2D eigenvalue weighted by Crippen LogP contribution is 2.11. The molecule has 25 heavy (non-hydrogen) atoms. The first-order valence-corrected chi connectivity index (χ1v) is 8.05. The Morgan fingerprint density at radius 2 is 2.04 bits per heavy atom. The van der Waals surface area contributed by atoms with E-state index in [-0.39, 0.29) is 24.3 Å². The van der Waals surface area contributed by atoms with Crippen molar-refractivity contribution in [3.05, 3.63) is 47.7 Å². The molecule has 0 aliphatic rings. The lowest BCUT2D eigenvalue weighted by molar-refractivity contribution is -0.145. The van der Waals surface area contributed by atoms with E-state index in [0.29, 0.717) is 24.7 Å². The predicted molar refractivity (Wildman–Crippen MR) is 92.8 cm³/mol. The van der Waals surface area contributed by atoms with Crippen LogP contribution in [-0.4, -0.2) is 42.1 Å². The summed E-state index contributed by atoms with van der Waals surface area (Å²) in [5.74, 6) is -0.564. The molecular formula is C18H23N3O4. The van der Waals surface area contributed by atoms with Gasteiger partial charge in [0.25, 0.3) is 0 Å². The van der Waals surface area contributed by atoms with E-state index in [0.717, 1.165) is 5.56 Å². The first-order valence-electron chi connectivity index (χ1n) is 8.05. The normalized spacial score (nSPS) is 12.0. The maximum absolute atomic E-state index is 12.3. The van der Waals surface area contributed by atoms with Crippen molar-refractivity contribution >= 4 is 17.8 Å². The number of aryl methyl sites for hydroxylation is 1. The van der Waals surface area contributed by atoms with Crippen molar-refractivity contribution in [1.82, 2.24) is 10.1 Å². The van der Waals surface area contributed by atoms with Crippen LogP contribution in [0.25, 0.3) is 0 Å². The summed E-state index contributed by atoms with van der Waals surface area (Å²) >= 11 is 0. The zero-order chi connectivity index (χ0) is 18.2. The molecule has 0 aliphatic heterocycles. The average molecular weight is 345 g/mol. The zero-order valence-electron chi connectivity index (χ0n) is 14.7. The van der Waals surface area contributed by atoms with E-state index in [4.69, 9.17) is 9.26 Å². The number of ether oxygens (including phenoxy) is 1. The van der Waals surface area contributed by atoms with E-state index in [9.17, 15) is 9.59 Å². The van der Waals surface area contributed by atoms with Crippen LogP contribution in [0.5, 0.6) is 0 Å². The van der Waals surface area contributed by atoms with Crippen LogP contribution < -0.4 is 5.32 Å². The number of rotatable bonds is 8. The zero-order valence-corrected chi connectivity index (χ0v) is 14.7. The van der Waals surface area contributed by atoms with Crippen molar-refractivity contribution in [3.63, 3.8) is 0 Å². The van der Waals surface area contributed by atoms with Crippen molar-refractivity contribution in [3.8, 4) is 0 Å². The molecule has 0 aliphatic carbocycles. The van der Waals surface area contributed by atoms with Crippen molar-refractivity contribution in [2.24, 2.45) is 5.92 Å². The van der Waals surface area contributed by atoms with Crippen LogP contribution in [0.4, 0.5) is 5.88 Å². The Kier molecular flexibility index (Phi) is 6.71. The lowest BCUT2D eigenvalue weighted by Gasteiger charge is -2.24. The van der Waals surface area contributed by atoms with Gasteiger partial charge in [-0.25, -0.2) is 0 Å². The van der Waals surface area contributed by atoms with Crippen molar-refractivity contribution < 1.29 is 18.8 Å². The Morgan fingerprint density at radius 1 is 1.32 bits per heavy atom. The molecule has 1 heterocycles. The van der Waals surface area contributed by atoms with E-state index in [1.54, 1.807) is 19.9 Å². The summed E-state index contributed by atoms with van der Waals surface area (Å²) in [7, 11) is 1.36. The van der Waals surface area contributed by atoms with Gasteiger partial charge in [-0.1, -0.05) is 42.4 Å². The molecule has 0 bridgehead atoms. The van der Waals surface area contributed by atoms with Gasteiger partial charge in [0, 0.05) is 19.2 Å². The van der Waals surface area contributed by atoms with Gasteiger partial charge in [-0.2, -0.15) is 0 Å². The topological polar surface area (TPSA) is 84.7 Å². The van der Waals surface area contributed by atoms with Crippen LogP contribution in [0.2, 0.25) is 0 Å². The second-order valence-electron chi connectivity index (χ2n) is 5.96. The number of nitrogens with one attached hydrogen (secondary N) is 1. The number of aromatic nitrogens is 1. The minimum absolute atomic E-state index is 0.121. The van der Waals surface area contributed by atoms with Gasteiger partial charge in [0.1, 0.15) is 0 Å². The van der Waals surface area contributed by atoms with Gasteiger partial charge in [0.05, 0.1) is 25.3 Å². The third-order valence-electron chi connectivity index (χ3n) is 3.64. The van der Waals surface area contributed by atoms with Crippen LogP contribution >= 0.6 is 0 Å². The standard InChI is InChI=1S/C18H23N3O4/c1-13(18(23)24-3)10-21(11-15-7-5-4-6-8-15)12-16(22)19-17-9-14(2)20-25-17/h4-9,13H,10-12H2,1-3H3,(H,19,22)/t13-/m0/s1. The van der Waals surface area contributed by atoms with Gasteiger partial charge in [0.2, 0.25) is 11.8 Å². The summed E-state index contributed by atoms with van der Waals surface area (Å²) in [5, 5.41) is 6.40. The fraction of sp³-hybridized carbons (Fsp3) is 0.389. The van der Waals surface area contributed by atoms with E-state index in [1.807, 2.05) is 35.2 Å². The first-order chi connectivity index (χ1) is 12.0. The Bertz CT molecular complexity index is 699. The van der Waals surface area contributed by atoms with E-state index >= 15 is 0 Å². The maximum atomic E-state index is 12.3. The molecule has 7 heteroatoms. The lowest BCUT2D eigenvalue weighted by atomic mass is 10.1. The average Bonchev–Trinajstić information content (AvgIpc) is 2.99. The Hall–Kier alpha value is -2.67. The van der Waals surface area contributed by atoms with E-state index < -0.39 is 0 Å². The number of nitrogens with zero attached hydrogens (tertiary/aromatic N) is 2. The molecule has 1 aromatic heterocycles. The largest absolute Gasteiger partial charge is 0.469 e. The second kappa shape index (κ2) is 8.98. The maximum Gasteiger partial charge on any atom is 0.309 e. The molecule has 134 valence electrons. The number of esters is 1. The molecule has 0 saturated heterocycles. The smallest absolute Gasteiger partial charge is 0.309 e. The quantitative estimate of drug-likeness (QED) is 0.739. The Morgan fingerprint density at radius 3 is 2.64 bits per heavy atom. The van der Waals surface area contributed by atoms with Gasteiger partial charge in [0.15, 0.2) is 0 Å². The monoisotopic (exact) mass is 345 g/mol. The highest BCUT2D eigenvalue weighted by molar-refractivity contribution is 5.91. The van der Waals surface area contributed by atoms with Gasteiger partial charge >= 0.3 is 5.97 Å². The van der Waals surface area contributed by atoms with Crippen LogP contribution in [0.1, 0.15) is 18.2 Å². The fourth-order valence-corrected chi connectivity index (χ4v) is 2.49. The molecule has 7 nitrogen and oxygen atoms in total. The summed E-state index contributed by atoms with van der Waals surface area (Å²) in [5.41, 5.74) is 1.75. The van der Waals surface area contributed by atoms with Crippen molar-refractivity contribution in [2.45, 2.75) is 20.4 Å². The minimum Gasteiger partial charge on any atom is -0.469 e. The summed E-state index contributed by atoms with van der Waals surface area (Å²) in [6.07, 6.45) is 0. The number of anilines is 1. The first kappa shape index (κ1) is 18.7. The van der Waals surface area contributed by atoms with E-state index in [1.165, 1.54) is 7.11 Å². The summed E-state index contributed by atoms with van der Waals surface area (Å²) in [6.45, 7) is 4.63. The summed E-state index contributed by atoms with van der Waals surface area (Å²) in [4.78, 5) is 25.9. The number of methoxy groups -OCH3 is 1. The van der Waals surface area contributed by atoms with Crippen LogP contribution in [0.3, 0.4) is 0 Å². The number of benzene rings is 1.